The number of rotatable bonds is 8. The van der Waals surface area contributed by atoms with E-state index in [-0.39, 0.29) is 24.4 Å². The van der Waals surface area contributed by atoms with Crippen molar-refractivity contribution in [2.75, 3.05) is 6.54 Å². The highest BCUT2D eigenvalue weighted by atomic mass is 19.4. The molecule has 134 valence electrons. The zero-order valence-corrected chi connectivity index (χ0v) is 13.4. The van der Waals surface area contributed by atoms with Gasteiger partial charge in [0.25, 0.3) is 0 Å². The van der Waals surface area contributed by atoms with Gasteiger partial charge in [-0.15, -0.1) is 12.3 Å². The van der Waals surface area contributed by atoms with Crippen molar-refractivity contribution in [3.8, 4) is 12.3 Å². The number of hydrogen-bond acceptors (Lipinski definition) is 4. The summed E-state index contributed by atoms with van der Waals surface area (Å²) in [6.45, 7) is -0.308. The van der Waals surface area contributed by atoms with Gasteiger partial charge in [0.15, 0.2) is 5.66 Å². The summed E-state index contributed by atoms with van der Waals surface area (Å²) in [7, 11) is 0. The number of halogens is 3. The highest BCUT2D eigenvalue weighted by molar-refractivity contribution is 5.76. The third-order valence-electron chi connectivity index (χ3n) is 3.92. The third-order valence-corrected chi connectivity index (χ3v) is 3.92. The normalized spacial score (nSPS) is 16.1. The molecule has 1 amide bonds. The van der Waals surface area contributed by atoms with E-state index in [4.69, 9.17) is 6.42 Å². The smallest absolute Gasteiger partial charge is 0.387 e. The van der Waals surface area contributed by atoms with Crippen LogP contribution in [0.25, 0.3) is 0 Å². The molecule has 1 unspecified atom stereocenters. The maximum atomic E-state index is 12.9. The molecular formula is C17H18F3N3O2. The number of terminal acetylenes is 1. The third kappa shape index (κ3) is 5.29. The average Bonchev–Trinajstić information content (AvgIpc) is 3.35. The lowest BCUT2D eigenvalue weighted by molar-refractivity contribution is -0.139. The van der Waals surface area contributed by atoms with Crippen LogP contribution < -0.4 is 5.32 Å². The average molecular weight is 353 g/mol. The highest BCUT2D eigenvalue weighted by Gasteiger charge is 2.39. The second-order valence-corrected chi connectivity index (χ2v) is 5.79. The highest BCUT2D eigenvalue weighted by Crippen LogP contribution is 2.37. The Morgan fingerprint density at radius 2 is 2.00 bits per heavy atom. The number of aliphatic hydroxyl groups excluding tert-OH is 1. The maximum Gasteiger partial charge on any atom is 0.416 e. The number of benzene rings is 1. The van der Waals surface area contributed by atoms with E-state index in [9.17, 15) is 23.1 Å². The zero-order valence-electron chi connectivity index (χ0n) is 13.4. The van der Waals surface area contributed by atoms with Gasteiger partial charge >= 0.3 is 6.18 Å². The molecule has 8 heteroatoms. The van der Waals surface area contributed by atoms with E-state index in [0.717, 1.165) is 6.07 Å². The van der Waals surface area contributed by atoms with E-state index in [1.807, 2.05) is 0 Å². The van der Waals surface area contributed by atoms with Crippen molar-refractivity contribution in [3.63, 3.8) is 0 Å². The van der Waals surface area contributed by atoms with Gasteiger partial charge in [0.2, 0.25) is 5.91 Å². The summed E-state index contributed by atoms with van der Waals surface area (Å²) in [6.07, 6.45) is 0.714. The van der Waals surface area contributed by atoms with Gasteiger partial charge in [-0.25, -0.2) is 0 Å². The number of hydrogen-bond donors (Lipinski definition) is 2. The summed E-state index contributed by atoms with van der Waals surface area (Å²) in [5.41, 5.74) is -1.78. The van der Waals surface area contributed by atoms with Crippen molar-refractivity contribution in [2.45, 2.75) is 43.6 Å². The molecule has 0 saturated heterocycles. The molecule has 0 aliphatic carbocycles. The Labute approximate surface area is 143 Å². The number of nitrogens with zero attached hydrogens (tertiary/aromatic N) is 2. The Morgan fingerprint density at radius 1 is 1.32 bits per heavy atom. The maximum absolute atomic E-state index is 12.9. The molecule has 2 rings (SSSR count). The fourth-order valence-corrected chi connectivity index (χ4v) is 2.44. The van der Waals surface area contributed by atoms with Crippen LogP contribution in [0.5, 0.6) is 0 Å². The van der Waals surface area contributed by atoms with Gasteiger partial charge in [0.05, 0.1) is 11.7 Å². The molecule has 0 bridgehead atoms. The molecular weight excluding hydrogens is 335 g/mol. The van der Waals surface area contributed by atoms with Crippen LogP contribution in [0.3, 0.4) is 0 Å². The van der Waals surface area contributed by atoms with Crippen LogP contribution in [0.2, 0.25) is 0 Å². The summed E-state index contributed by atoms with van der Waals surface area (Å²) >= 11 is 0. The second kappa shape index (κ2) is 7.66. The van der Waals surface area contributed by atoms with Crippen molar-refractivity contribution < 1.29 is 23.1 Å². The van der Waals surface area contributed by atoms with Gasteiger partial charge in [-0.2, -0.15) is 23.4 Å². The van der Waals surface area contributed by atoms with Crippen LogP contribution in [0.1, 0.15) is 42.9 Å². The van der Waals surface area contributed by atoms with Crippen LogP contribution in [-0.4, -0.2) is 23.2 Å². The van der Waals surface area contributed by atoms with Crippen molar-refractivity contribution in [3.05, 3.63) is 35.4 Å². The first kappa shape index (κ1) is 18.9. The first-order chi connectivity index (χ1) is 11.8. The second-order valence-electron chi connectivity index (χ2n) is 5.79. The number of aliphatic hydroxyl groups is 1. The van der Waals surface area contributed by atoms with E-state index < -0.39 is 23.5 Å². The fraction of sp³-hybridized carbons (Fsp3) is 0.471. The molecule has 1 atom stereocenters. The predicted molar refractivity (Wildman–Crippen MR) is 84.3 cm³/mol. The molecule has 25 heavy (non-hydrogen) atoms. The van der Waals surface area contributed by atoms with E-state index in [1.165, 1.54) is 18.2 Å². The van der Waals surface area contributed by atoms with Gasteiger partial charge in [-0.05, 0) is 11.6 Å². The summed E-state index contributed by atoms with van der Waals surface area (Å²) in [5.74, 6) is 2.09. The van der Waals surface area contributed by atoms with Crippen LogP contribution in [0.4, 0.5) is 13.2 Å². The molecule has 1 aliphatic rings. The number of carbonyl (C=O) groups is 1. The molecule has 1 aliphatic heterocycles. The Hall–Kier alpha value is -2.40. The Balaban J connectivity index is 1.83. The minimum Gasteiger partial charge on any atom is -0.387 e. The number of carbonyl (C=O) groups excluding carboxylic acids is 1. The van der Waals surface area contributed by atoms with Crippen LogP contribution >= 0.6 is 0 Å². The van der Waals surface area contributed by atoms with Crippen molar-refractivity contribution in [1.82, 2.24) is 5.32 Å². The van der Waals surface area contributed by atoms with E-state index >= 15 is 0 Å². The molecule has 1 heterocycles. The van der Waals surface area contributed by atoms with E-state index in [1.54, 1.807) is 0 Å². The lowest BCUT2D eigenvalue weighted by Crippen LogP contribution is -2.30. The van der Waals surface area contributed by atoms with Gasteiger partial charge in [0.1, 0.15) is 0 Å². The van der Waals surface area contributed by atoms with E-state index in [2.05, 4.69) is 21.5 Å². The topological polar surface area (TPSA) is 74.0 Å². The van der Waals surface area contributed by atoms with Crippen molar-refractivity contribution in [1.29, 1.82) is 0 Å². The SMILES string of the molecule is C#CCCC1(CCC(=O)NCC(O)c2ccccc2C(F)(F)F)N=N1. The molecule has 5 nitrogen and oxygen atoms in total. The lowest BCUT2D eigenvalue weighted by atomic mass is 10.0. The van der Waals surface area contributed by atoms with Gasteiger partial charge < -0.3 is 10.4 Å². The number of alkyl halides is 3. The van der Waals surface area contributed by atoms with Gasteiger partial charge in [0, 0.05) is 32.2 Å². The number of nitrogens with one attached hydrogen (secondary N) is 1. The monoisotopic (exact) mass is 353 g/mol. The predicted octanol–water partition coefficient (Wildman–Crippen LogP) is 3.21. The molecule has 0 aromatic heterocycles. The summed E-state index contributed by atoms with van der Waals surface area (Å²) in [6, 6.07) is 4.74. The first-order valence-corrected chi connectivity index (χ1v) is 7.76. The summed E-state index contributed by atoms with van der Waals surface area (Å²) in [4.78, 5) is 11.8. The molecule has 0 spiro atoms. The van der Waals surface area contributed by atoms with Crippen LogP contribution in [0.15, 0.2) is 34.5 Å². The molecule has 1 aromatic carbocycles. The minimum atomic E-state index is -4.57. The van der Waals surface area contributed by atoms with Crippen molar-refractivity contribution in [2.24, 2.45) is 10.2 Å². The quantitative estimate of drug-likeness (QED) is 0.704. The largest absolute Gasteiger partial charge is 0.416 e. The Bertz CT molecular complexity index is 689. The Morgan fingerprint density at radius 3 is 2.60 bits per heavy atom. The molecule has 1 aromatic rings. The fourth-order valence-electron chi connectivity index (χ4n) is 2.44. The van der Waals surface area contributed by atoms with Crippen LogP contribution in [0, 0.1) is 12.3 Å². The molecule has 0 fully saturated rings. The van der Waals surface area contributed by atoms with Gasteiger partial charge in [-0.3, -0.25) is 4.79 Å². The molecule has 0 saturated carbocycles. The van der Waals surface area contributed by atoms with Crippen molar-refractivity contribution >= 4 is 5.91 Å². The minimum absolute atomic E-state index is 0.102. The molecule has 0 radical (unpaired) electrons. The summed E-state index contributed by atoms with van der Waals surface area (Å²) in [5, 5.41) is 20.2. The zero-order chi connectivity index (χ0) is 18.5. The number of amides is 1. The van der Waals surface area contributed by atoms with Crippen LogP contribution in [-0.2, 0) is 11.0 Å². The molecule has 2 N–H and O–H groups in total. The standard InChI is InChI=1S/C17H18F3N3O2/c1-2-3-9-16(22-23-16)10-8-15(25)21-11-14(24)12-6-4-5-7-13(12)17(18,19)20/h1,4-7,14,24H,3,8-11H2,(H,21,25). The van der Waals surface area contributed by atoms with Gasteiger partial charge in [-0.1, -0.05) is 18.2 Å². The first-order valence-electron chi connectivity index (χ1n) is 7.76. The lowest BCUT2D eigenvalue weighted by Gasteiger charge is -2.18. The van der Waals surface area contributed by atoms with E-state index in [0.29, 0.717) is 19.3 Å². The summed E-state index contributed by atoms with van der Waals surface area (Å²) < 4.78 is 38.8. The Kier molecular flexibility index (Phi) is 5.80.